The van der Waals surface area contributed by atoms with Crippen molar-refractivity contribution in [2.24, 2.45) is 0 Å². The van der Waals surface area contributed by atoms with Crippen LogP contribution in [-0.2, 0) is 11.3 Å². The lowest BCUT2D eigenvalue weighted by Gasteiger charge is -2.10. The summed E-state index contributed by atoms with van der Waals surface area (Å²) in [6.45, 7) is 2.37. The van der Waals surface area contributed by atoms with Gasteiger partial charge in [0.1, 0.15) is 5.82 Å². The second-order valence-electron chi connectivity index (χ2n) is 4.03. The SMILES string of the molecule is CNc1nc(-c2ccc(C)nc2)nc(COC)c1Br. The van der Waals surface area contributed by atoms with Gasteiger partial charge in [-0.05, 0) is 35.0 Å². The summed E-state index contributed by atoms with van der Waals surface area (Å²) in [4.78, 5) is 13.2. The third-order valence-electron chi connectivity index (χ3n) is 2.61. The Kier molecular flexibility index (Phi) is 4.44. The lowest BCUT2D eigenvalue weighted by Crippen LogP contribution is -2.04. The fraction of sp³-hybridized carbons (Fsp3) is 0.308. The molecule has 0 radical (unpaired) electrons. The minimum Gasteiger partial charge on any atom is -0.378 e. The van der Waals surface area contributed by atoms with Gasteiger partial charge in [-0.15, -0.1) is 0 Å². The molecular formula is C13H15BrN4O. The van der Waals surface area contributed by atoms with Crippen molar-refractivity contribution in [1.29, 1.82) is 0 Å². The topological polar surface area (TPSA) is 59.9 Å². The van der Waals surface area contributed by atoms with Crippen LogP contribution in [0.2, 0.25) is 0 Å². The highest BCUT2D eigenvalue weighted by molar-refractivity contribution is 9.10. The van der Waals surface area contributed by atoms with Gasteiger partial charge in [-0.2, -0.15) is 0 Å². The fourth-order valence-electron chi connectivity index (χ4n) is 1.62. The van der Waals surface area contributed by atoms with E-state index in [0.29, 0.717) is 12.4 Å². The molecule has 0 atom stereocenters. The van der Waals surface area contributed by atoms with E-state index in [4.69, 9.17) is 4.74 Å². The van der Waals surface area contributed by atoms with E-state index in [1.165, 1.54) is 0 Å². The third kappa shape index (κ3) is 3.08. The molecule has 19 heavy (non-hydrogen) atoms. The molecule has 0 unspecified atom stereocenters. The summed E-state index contributed by atoms with van der Waals surface area (Å²) in [7, 11) is 3.46. The molecule has 2 rings (SSSR count). The Labute approximate surface area is 120 Å². The van der Waals surface area contributed by atoms with Crippen LogP contribution < -0.4 is 5.32 Å². The number of hydrogen-bond acceptors (Lipinski definition) is 5. The smallest absolute Gasteiger partial charge is 0.163 e. The first-order chi connectivity index (χ1) is 9.15. The molecule has 2 aromatic rings. The van der Waals surface area contributed by atoms with E-state index < -0.39 is 0 Å². The molecule has 2 aromatic heterocycles. The van der Waals surface area contributed by atoms with Gasteiger partial charge >= 0.3 is 0 Å². The average molecular weight is 323 g/mol. The van der Waals surface area contributed by atoms with E-state index in [2.05, 4.69) is 36.2 Å². The Morgan fingerprint density at radius 1 is 1.32 bits per heavy atom. The lowest BCUT2D eigenvalue weighted by atomic mass is 10.2. The van der Waals surface area contributed by atoms with Crippen LogP contribution in [0.3, 0.4) is 0 Å². The number of ether oxygens (including phenoxy) is 1. The Morgan fingerprint density at radius 2 is 2.11 bits per heavy atom. The molecule has 1 N–H and O–H groups in total. The summed E-state index contributed by atoms with van der Waals surface area (Å²) in [6.07, 6.45) is 1.77. The highest BCUT2D eigenvalue weighted by Gasteiger charge is 2.12. The van der Waals surface area contributed by atoms with Crippen LogP contribution >= 0.6 is 15.9 Å². The standard InChI is InChI=1S/C13H15BrN4O/c1-8-4-5-9(6-16-8)12-17-10(7-19-3)11(14)13(15-2)18-12/h4-6H,7H2,1-3H3,(H,15,17,18). The molecular weight excluding hydrogens is 308 g/mol. The van der Waals surface area contributed by atoms with E-state index in [9.17, 15) is 0 Å². The van der Waals surface area contributed by atoms with Gasteiger partial charge in [0.05, 0.1) is 16.8 Å². The minimum atomic E-state index is 0.421. The minimum absolute atomic E-state index is 0.421. The Morgan fingerprint density at radius 3 is 2.68 bits per heavy atom. The van der Waals surface area contributed by atoms with Gasteiger partial charge in [0.25, 0.3) is 0 Å². The molecule has 0 aliphatic rings. The maximum Gasteiger partial charge on any atom is 0.163 e. The summed E-state index contributed by atoms with van der Waals surface area (Å²) in [5.74, 6) is 1.37. The lowest BCUT2D eigenvalue weighted by molar-refractivity contribution is 0.181. The van der Waals surface area contributed by atoms with Crippen molar-refractivity contribution in [3.8, 4) is 11.4 Å². The predicted molar refractivity (Wildman–Crippen MR) is 78.0 cm³/mol. The first-order valence-corrected chi connectivity index (χ1v) is 6.61. The molecule has 0 aliphatic carbocycles. The molecule has 100 valence electrons. The first-order valence-electron chi connectivity index (χ1n) is 5.82. The molecule has 0 bridgehead atoms. The predicted octanol–water partition coefficient (Wildman–Crippen LogP) is 2.80. The average Bonchev–Trinajstić information content (AvgIpc) is 2.42. The molecule has 0 fully saturated rings. The van der Waals surface area contributed by atoms with Gasteiger partial charge in [-0.3, -0.25) is 4.98 Å². The van der Waals surface area contributed by atoms with Gasteiger partial charge in [-0.1, -0.05) is 0 Å². The molecule has 0 aliphatic heterocycles. The molecule has 5 nitrogen and oxygen atoms in total. The van der Waals surface area contributed by atoms with Crippen LogP contribution in [-0.4, -0.2) is 29.1 Å². The number of hydrogen-bond donors (Lipinski definition) is 1. The van der Waals surface area contributed by atoms with Gasteiger partial charge in [-0.25, -0.2) is 9.97 Å². The van der Waals surface area contributed by atoms with Crippen molar-refractivity contribution in [3.63, 3.8) is 0 Å². The normalized spacial score (nSPS) is 10.5. The first kappa shape index (κ1) is 13.9. The number of anilines is 1. The number of aromatic nitrogens is 3. The molecule has 0 saturated carbocycles. The van der Waals surface area contributed by atoms with Crippen LogP contribution in [0, 0.1) is 6.92 Å². The van der Waals surface area contributed by atoms with Gasteiger partial charge in [0.2, 0.25) is 0 Å². The summed E-state index contributed by atoms with van der Waals surface area (Å²) in [5.41, 5.74) is 2.65. The fourth-order valence-corrected chi connectivity index (χ4v) is 2.11. The van der Waals surface area contributed by atoms with Crippen molar-refractivity contribution in [2.45, 2.75) is 13.5 Å². The van der Waals surface area contributed by atoms with E-state index in [0.717, 1.165) is 27.2 Å². The summed E-state index contributed by atoms with van der Waals surface area (Å²) in [6, 6.07) is 3.90. The van der Waals surface area contributed by atoms with Crippen LogP contribution in [0.25, 0.3) is 11.4 Å². The number of rotatable bonds is 4. The maximum absolute atomic E-state index is 5.15. The van der Waals surface area contributed by atoms with Crippen molar-refractivity contribution in [3.05, 3.63) is 34.2 Å². The third-order valence-corrected chi connectivity index (χ3v) is 3.44. The summed E-state index contributed by atoms with van der Waals surface area (Å²) < 4.78 is 5.97. The van der Waals surface area contributed by atoms with Crippen molar-refractivity contribution in [1.82, 2.24) is 15.0 Å². The Balaban J connectivity index is 2.51. The van der Waals surface area contributed by atoms with E-state index in [-0.39, 0.29) is 0 Å². The molecule has 0 amide bonds. The number of methoxy groups -OCH3 is 1. The Bertz CT molecular complexity index is 572. The number of nitrogens with one attached hydrogen (secondary N) is 1. The molecule has 0 spiro atoms. The second-order valence-corrected chi connectivity index (χ2v) is 4.82. The number of aryl methyl sites for hydroxylation is 1. The zero-order valence-electron chi connectivity index (χ0n) is 11.1. The molecule has 6 heteroatoms. The number of halogens is 1. The van der Waals surface area contributed by atoms with Gasteiger partial charge in [0, 0.05) is 31.6 Å². The highest BCUT2D eigenvalue weighted by Crippen LogP contribution is 2.27. The highest BCUT2D eigenvalue weighted by atomic mass is 79.9. The van der Waals surface area contributed by atoms with Crippen LogP contribution in [0.4, 0.5) is 5.82 Å². The maximum atomic E-state index is 5.15. The van der Waals surface area contributed by atoms with E-state index in [1.54, 1.807) is 13.3 Å². The Hall–Kier alpha value is -1.53. The zero-order valence-corrected chi connectivity index (χ0v) is 12.7. The van der Waals surface area contributed by atoms with Gasteiger partial charge in [0.15, 0.2) is 5.82 Å². The summed E-state index contributed by atoms with van der Waals surface area (Å²) >= 11 is 3.48. The zero-order chi connectivity index (χ0) is 13.8. The van der Waals surface area contributed by atoms with Gasteiger partial charge < -0.3 is 10.1 Å². The van der Waals surface area contributed by atoms with E-state index in [1.807, 2.05) is 26.1 Å². The van der Waals surface area contributed by atoms with Crippen molar-refractivity contribution >= 4 is 21.7 Å². The molecule has 0 aromatic carbocycles. The number of pyridine rings is 1. The van der Waals surface area contributed by atoms with Crippen molar-refractivity contribution < 1.29 is 4.74 Å². The van der Waals surface area contributed by atoms with Crippen LogP contribution in [0.1, 0.15) is 11.4 Å². The largest absolute Gasteiger partial charge is 0.378 e. The molecule has 2 heterocycles. The van der Waals surface area contributed by atoms with E-state index >= 15 is 0 Å². The summed E-state index contributed by atoms with van der Waals surface area (Å²) in [5, 5.41) is 3.04. The monoisotopic (exact) mass is 322 g/mol. The van der Waals surface area contributed by atoms with Crippen LogP contribution in [0.15, 0.2) is 22.8 Å². The quantitative estimate of drug-likeness (QED) is 0.937. The van der Waals surface area contributed by atoms with Crippen molar-refractivity contribution in [2.75, 3.05) is 19.5 Å². The van der Waals surface area contributed by atoms with Crippen LogP contribution in [0.5, 0.6) is 0 Å². The molecule has 0 saturated heterocycles. The second kappa shape index (κ2) is 6.08. The number of nitrogens with zero attached hydrogens (tertiary/aromatic N) is 3.